The second-order valence-corrected chi connectivity index (χ2v) is 9.46. The van der Waals surface area contributed by atoms with Crippen molar-refractivity contribution in [1.29, 1.82) is 0 Å². The first-order valence-corrected chi connectivity index (χ1v) is 11.7. The molecule has 1 saturated heterocycles. The molecular formula is C22H29F3N4O3S. The van der Waals surface area contributed by atoms with E-state index in [4.69, 9.17) is 4.74 Å². The number of rotatable bonds is 9. The fourth-order valence-corrected chi connectivity index (χ4v) is 4.53. The Labute approximate surface area is 195 Å². The summed E-state index contributed by atoms with van der Waals surface area (Å²) < 4.78 is 48.0. The average molecular weight is 487 g/mol. The maximum absolute atomic E-state index is 13.0. The Kier molecular flexibility index (Phi) is 8.17. The Morgan fingerprint density at radius 3 is 2.58 bits per heavy atom. The molecule has 0 amide bonds. The van der Waals surface area contributed by atoms with Crippen LogP contribution >= 0.6 is 11.5 Å². The second kappa shape index (κ2) is 10.7. The van der Waals surface area contributed by atoms with Crippen LogP contribution in [0.4, 0.5) is 29.7 Å². The molecule has 11 heteroatoms. The molecule has 2 N–H and O–H groups in total. The van der Waals surface area contributed by atoms with Crippen molar-refractivity contribution in [2.75, 3.05) is 30.0 Å². The highest BCUT2D eigenvalue weighted by Gasteiger charge is 2.36. The number of aromatic nitrogens is 2. The maximum atomic E-state index is 13.0. The number of ether oxygens (including phenoxy) is 1. The van der Waals surface area contributed by atoms with E-state index in [9.17, 15) is 23.1 Å². The SMILES string of the molecule is CC(C)CN(c1ccc(C(C)CC(=O)O)cc1Nc1nc(C(F)(F)F)ns1)C1CCOCC1. The van der Waals surface area contributed by atoms with E-state index < -0.39 is 18.0 Å². The maximum Gasteiger partial charge on any atom is 0.452 e. The molecule has 1 aromatic heterocycles. The van der Waals surface area contributed by atoms with Gasteiger partial charge in [-0.2, -0.15) is 22.5 Å². The Morgan fingerprint density at radius 2 is 2.00 bits per heavy atom. The molecule has 1 aliphatic rings. The predicted molar refractivity (Wildman–Crippen MR) is 121 cm³/mol. The van der Waals surface area contributed by atoms with Crippen molar-refractivity contribution >= 4 is 34.0 Å². The minimum absolute atomic E-state index is 0.0306. The summed E-state index contributed by atoms with van der Waals surface area (Å²) in [4.78, 5) is 17.1. The number of nitrogens with zero attached hydrogens (tertiary/aromatic N) is 3. The van der Waals surface area contributed by atoms with Crippen LogP contribution in [0.25, 0.3) is 0 Å². The molecule has 0 aliphatic carbocycles. The lowest BCUT2D eigenvalue weighted by Crippen LogP contribution is -2.42. The monoisotopic (exact) mass is 486 g/mol. The van der Waals surface area contributed by atoms with Gasteiger partial charge in [-0.05, 0) is 42.4 Å². The van der Waals surface area contributed by atoms with Crippen LogP contribution in [0.15, 0.2) is 18.2 Å². The molecule has 0 radical (unpaired) electrons. The van der Waals surface area contributed by atoms with E-state index >= 15 is 0 Å². The van der Waals surface area contributed by atoms with Crippen LogP contribution < -0.4 is 10.2 Å². The van der Waals surface area contributed by atoms with E-state index in [2.05, 4.69) is 33.4 Å². The number of aliphatic carboxylic acids is 1. The number of carboxylic acid groups (broad SMARTS) is 1. The van der Waals surface area contributed by atoms with Gasteiger partial charge in [-0.25, -0.2) is 0 Å². The molecule has 3 rings (SSSR count). The standard InChI is InChI=1S/C22H29F3N4O3S/c1-13(2)12-29(16-6-8-32-9-7-16)18-5-4-15(14(3)10-19(30)31)11-17(18)26-21-27-20(28-33-21)22(23,24)25/h4-5,11,13-14,16H,6-10,12H2,1-3H3,(H,30,31)(H,26,27,28). The Hall–Kier alpha value is -2.40. The number of halogens is 3. The number of nitrogens with one attached hydrogen (secondary N) is 1. The van der Waals surface area contributed by atoms with Crippen LogP contribution in [0.5, 0.6) is 0 Å². The first kappa shape index (κ1) is 25.2. The van der Waals surface area contributed by atoms with Gasteiger partial charge in [0.1, 0.15) is 0 Å². The van der Waals surface area contributed by atoms with Crippen LogP contribution in [0, 0.1) is 5.92 Å². The van der Waals surface area contributed by atoms with E-state index in [0.717, 1.165) is 30.6 Å². The van der Waals surface area contributed by atoms with E-state index in [1.54, 1.807) is 0 Å². The van der Waals surface area contributed by atoms with E-state index in [1.807, 2.05) is 25.1 Å². The molecule has 1 atom stereocenters. The predicted octanol–water partition coefficient (Wildman–Crippen LogP) is 5.52. The van der Waals surface area contributed by atoms with Gasteiger partial charge in [0.15, 0.2) is 0 Å². The molecule has 1 aromatic carbocycles. The minimum atomic E-state index is -4.62. The van der Waals surface area contributed by atoms with E-state index in [0.29, 0.717) is 36.4 Å². The summed E-state index contributed by atoms with van der Waals surface area (Å²) in [5, 5.41) is 12.2. The molecule has 7 nitrogen and oxygen atoms in total. The summed E-state index contributed by atoms with van der Waals surface area (Å²) in [6, 6.07) is 5.84. The molecule has 0 spiro atoms. The zero-order chi connectivity index (χ0) is 24.2. The summed E-state index contributed by atoms with van der Waals surface area (Å²) in [5.74, 6) is -2.01. The third-order valence-electron chi connectivity index (χ3n) is 5.49. The van der Waals surface area contributed by atoms with Gasteiger partial charge in [0, 0.05) is 37.3 Å². The van der Waals surface area contributed by atoms with E-state index in [-0.39, 0.29) is 23.5 Å². The van der Waals surface area contributed by atoms with Crippen molar-refractivity contribution in [3.05, 3.63) is 29.6 Å². The number of alkyl halides is 3. The van der Waals surface area contributed by atoms with Gasteiger partial charge < -0.3 is 20.1 Å². The summed E-state index contributed by atoms with van der Waals surface area (Å²) >= 11 is 0.641. The lowest BCUT2D eigenvalue weighted by atomic mass is 9.95. The van der Waals surface area contributed by atoms with Crippen molar-refractivity contribution < 1.29 is 27.8 Å². The van der Waals surface area contributed by atoms with Gasteiger partial charge in [0.05, 0.1) is 17.8 Å². The van der Waals surface area contributed by atoms with Crippen LogP contribution in [0.3, 0.4) is 0 Å². The molecular weight excluding hydrogens is 457 g/mol. The van der Waals surface area contributed by atoms with Gasteiger partial charge in [0.25, 0.3) is 0 Å². The van der Waals surface area contributed by atoms with Gasteiger partial charge >= 0.3 is 12.1 Å². The van der Waals surface area contributed by atoms with Crippen molar-refractivity contribution in [1.82, 2.24) is 9.36 Å². The van der Waals surface area contributed by atoms with Crippen molar-refractivity contribution in [2.24, 2.45) is 5.92 Å². The van der Waals surface area contributed by atoms with Crippen LogP contribution in [-0.4, -0.2) is 46.2 Å². The Bertz CT molecular complexity index is 945. The topological polar surface area (TPSA) is 87.6 Å². The number of hydrogen-bond donors (Lipinski definition) is 2. The molecule has 2 heterocycles. The zero-order valence-electron chi connectivity index (χ0n) is 18.9. The highest BCUT2D eigenvalue weighted by molar-refractivity contribution is 7.09. The highest BCUT2D eigenvalue weighted by atomic mass is 32.1. The highest BCUT2D eigenvalue weighted by Crippen LogP contribution is 2.37. The molecule has 0 saturated carbocycles. The smallest absolute Gasteiger partial charge is 0.452 e. The Balaban J connectivity index is 2.01. The molecule has 33 heavy (non-hydrogen) atoms. The third-order valence-corrected chi connectivity index (χ3v) is 6.13. The first-order chi connectivity index (χ1) is 15.5. The Morgan fingerprint density at radius 1 is 1.30 bits per heavy atom. The van der Waals surface area contributed by atoms with Crippen LogP contribution in [-0.2, 0) is 15.7 Å². The summed E-state index contributed by atoms with van der Waals surface area (Å²) in [6.45, 7) is 8.10. The van der Waals surface area contributed by atoms with Crippen molar-refractivity contribution in [3.63, 3.8) is 0 Å². The first-order valence-electron chi connectivity index (χ1n) is 10.9. The van der Waals surface area contributed by atoms with Gasteiger partial charge in [-0.3, -0.25) is 4.79 Å². The largest absolute Gasteiger partial charge is 0.481 e. The van der Waals surface area contributed by atoms with Gasteiger partial charge in [-0.1, -0.05) is 26.8 Å². The van der Waals surface area contributed by atoms with Crippen molar-refractivity contribution in [2.45, 2.75) is 58.2 Å². The lowest BCUT2D eigenvalue weighted by molar-refractivity contribution is -0.144. The fourth-order valence-electron chi connectivity index (χ4n) is 3.93. The summed E-state index contributed by atoms with van der Waals surface area (Å²) in [6.07, 6.45) is -2.98. The van der Waals surface area contributed by atoms with Crippen LogP contribution in [0.1, 0.15) is 57.3 Å². The number of carboxylic acids is 1. The molecule has 0 bridgehead atoms. The zero-order valence-corrected chi connectivity index (χ0v) is 19.7. The molecule has 182 valence electrons. The van der Waals surface area contributed by atoms with Gasteiger partial charge in [-0.15, -0.1) is 0 Å². The number of carbonyl (C=O) groups is 1. The van der Waals surface area contributed by atoms with Crippen LogP contribution in [0.2, 0.25) is 0 Å². The van der Waals surface area contributed by atoms with Crippen molar-refractivity contribution in [3.8, 4) is 0 Å². The number of hydrogen-bond acceptors (Lipinski definition) is 7. The average Bonchev–Trinajstić information content (AvgIpc) is 3.21. The normalized spacial score (nSPS) is 16.1. The van der Waals surface area contributed by atoms with E-state index in [1.165, 1.54) is 0 Å². The second-order valence-electron chi connectivity index (χ2n) is 8.71. The molecule has 1 unspecified atom stereocenters. The number of anilines is 3. The summed E-state index contributed by atoms with van der Waals surface area (Å²) in [7, 11) is 0. The number of benzene rings is 1. The fraction of sp³-hybridized carbons (Fsp3) is 0.591. The minimum Gasteiger partial charge on any atom is -0.481 e. The lowest BCUT2D eigenvalue weighted by Gasteiger charge is -2.38. The molecule has 1 fully saturated rings. The quantitative estimate of drug-likeness (QED) is 0.483. The third kappa shape index (κ3) is 6.80. The molecule has 1 aliphatic heterocycles. The summed E-state index contributed by atoms with van der Waals surface area (Å²) in [5.41, 5.74) is 2.20. The van der Waals surface area contributed by atoms with Gasteiger partial charge in [0.2, 0.25) is 11.0 Å². The molecule has 2 aromatic rings.